The molecule has 0 aromatic rings. The minimum atomic E-state index is -0.828. The summed E-state index contributed by atoms with van der Waals surface area (Å²) in [6, 6.07) is 0. The van der Waals surface area contributed by atoms with Gasteiger partial charge < -0.3 is 9.84 Å². The molecule has 2 atom stereocenters. The zero-order chi connectivity index (χ0) is 12.1. The van der Waals surface area contributed by atoms with E-state index in [1.54, 1.807) is 0 Å². The molecule has 5 heteroatoms. The average molecular weight is 419 g/mol. The number of hydrogen-bond acceptors (Lipinski definition) is 2. The van der Waals surface area contributed by atoms with Gasteiger partial charge in [0, 0.05) is 10.4 Å². The lowest BCUT2D eigenvalue weighted by molar-refractivity contribution is -0.0194. The SMILES string of the molecule is CCCCCC(Br)C1=CC(=C(Br)Br)OC1O. The normalized spacial score (nSPS) is 21.7. The Hall–Kier alpha value is 0.680. The van der Waals surface area contributed by atoms with Crippen LogP contribution in [0, 0.1) is 0 Å². The summed E-state index contributed by atoms with van der Waals surface area (Å²) in [4.78, 5) is 0.186. The Labute approximate surface area is 122 Å². The maximum atomic E-state index is 9.74. The van der Waals surface area contributed by atoms with E-state index in [9.17, 15) is 5.11 Å². The summed E-state index contributed by atoms with van der Waals surface area (Å²) in [7, 11) is 0. The smallest absolute Gasteiger partial charge is 0.221 e. The molecule has 1 aliphatic rings. The highest BCUT2D eigenvalue weighted by Crippen LogP contribution is 2.34. The highest BCUT2D eigenvalue weighted by Gasteiger charge is 2.27. The van der Waals surface area contributed by atoms with Crippen molar-refractivity contribution < 1.29 is 9.84 Å². The summed E-state index contributed by atoms with van der Waals surface area (Å²) in [5, 5.41) is 9.74. The van der Waals surface area contributed by atoms with Gasteiger partial charge in [-0.3, -0.25) is 0 Å². The van der Waals surface area contributed by atoms with Gasteiger partial charge in [0.15, 0.2) is 0 Å². The number of rotatable bonds is 5. The van der Waals surface area contributed by atoms with Gasteiger partial charge in [0.05, 0.1) is 0 Å². The molecule has 0 saturated heterocycles. The van der Waals surface area contributed by atoms with Gasteiger partial charge in [0.1, 0.15) is 9.15 Å². The van der Waals surface area contributed by atoms with Crippen LogP contribution in [0.2, 0.25) is 0 Å². The van der Waals surface area contributed by atoms with Crippen LogP contribution in [0.3, 0.4) is 0 Å². The van der Waals surface area contributed by atoms with E-state index in [2.05, 4.69) is 54.7 Å². The van der Waals surface area contributed by atoms with Crippen molar-refractivity contribution >= 4 is 47.8 Å². The first kappa shape index (κ1) is 14.7. The van der Waals surface area contributed by atoms with E-state index in [4.69, 9.17) is 4.74 Å². The third-order valence-corrected chi connectivity index (χ3v) is 4.20. The number of alkyl halides is 1. The minimum absolute atomic E-state index is 0.186. The average Bonchev–Trinajstić information content (AvgIpc) is 2.61. The molecule has 92 valence electrons. The fourth-order valence-corrected chi connectivity index (χ4v) is 2.63. The molecule has 2 nitrogen and oxygen atoms in total. The zero-order valence-corrected chi connectivity index (χ0v) is 13.8. The van der Waals surface area contributed by atoms with E-state index in [0.717, 1.165) is 21.8 Å². The lowest BCUT2D eigenvalue weighted by Gasteiger charge is -2.14. The van der Waals surface area contributed by atoms with Crippen LogP contribution in [0.4, 0.5) is 0 Å². The van der Waals surface area contributed by atoms with Gasteiger partial charge >= 0.3 is 0 Å². The van der Waals surface area contributed by atoms with Gasteiger partial charge in [-0.05, 0) is 44.4 Å². The third kappa shape index (κ3) is 4.17. The van der Waals surface area contributed by atoms with Gasteiger partial charge in [0.2, 0.25) is 6.29 Å². The third-order valence-electron chi connectivity index (χ3n) is 2.43. The fourth-order valence-electron chi connectivity index (χ4n) is 1.53. The number of allylic oxidation sites excluding steroid dienone is 1. The zero-order valence-electron chi connectivity index (χ0n) is 9.05. The van der Waals surface area contributed by atoms with Gasteiger partial charge in [-0.15, -0.1) is 0 Å². The Morgan fingerprint density at radius 3 is 2.69 bits per heavy atom. The molecule has 0 fully saturated rings. The lowest BCUT2D eigenvalue weighted by Crippen LogP contribution is -2.15. The first-order valence-corrected chi connectivity index (χ1v) is 7.82. The van der Waals surface area contributed by atoms with Crippen LogP contribution < -0.4 is 0 Å². The second-order valence-corrected chi connectivity index (χ2v) is 7.46. The number of hydrogen-bond donors (Lipinski definition) is 1. The molecule has 2 unspecified atom stereocenters. The standard InChI is InChI=1S/C11H15Br3O2/c1-2-3-4-5-8(12)7-6-9(10(13)14)16-11(7)15/h6,8,11,15H,2-5H2,1H3. The van der Waals surface area contributed by atoms with Crippen molar-refractivity contribution in [3.8, 4) is 0 Å². The Bertz CT molecular complexity index is 296. The minimum Gasteiger partial charge on any atom is -0.459 e. The monoisotopic (exact) mass is 416 g/mol. The lowest BCUT2D eigenvalue weighted by atomic mass is 10.1. The molecule has 0 aromatic heterocycles. The fraction of sp³-hybridized carbons (Fsp3) is 0.636. The summed E-state index contributed by atoms with van der Waals surface area (Å²) in [6.45, 7) is 2.18. The van der Waals surface area contributed by atoms with Crippen LogP contribution in [-0.2, 0) is 4.74 Å². The number of halogens is 3. The quantitative estimate of drug-likeness (QED) is 0.523. The van der Waals surface area contributed by atoms with Crippen molar-refractivity contribution in [2.75, 3.05) is 0 Å². The van der Waals surface area contributed by atoms with Crippen molar-refractivity contribution in [3.05, 3.63) is 20.8 Å². The molecule has 0 radical (unpaired) electrons. The molecular weight excluding hydrogens is 404 g/mol. The molecule has 0 aliphatic carbocycles. The van der Waals surface area contributed by atoms with E-state index < -0.39 is 6.29 Å². The molecule has 0 aromatic carbocycles. The van der Waals surface area contributed by atoms with Gasteiger partial charge in [-0.1, -0.05) is 42.1 Å². The number of unbranched alkanes of at least 4 members (excludes halogenated alkanes) is 2. The molecule has 1 aliphatic heterocycles. The van der Waals surface area contributed by atoms with Crippen molar-refractivity contribution in [2.45, 2.75) is 43.7 Å². The van der Waals surface area contributed by atoms with Crippen molar-refractivity contribution in [1.29, 1.82) is 0 Å². The Balaban J connectivity index is 2.58. The highest BCUT2D eigenvalue weighted by molar-refractivity contribution is 9.28. The number of aliphatic hydroxyl groups is 1. The van der Waals surface area contributed by atoms with E-state index in [1.165, 1.54) is 12.8 Å². The second-order valence-electron chi connectivity index (χ2n) is 3.70. The summed E-state index contributed by atoms with van der Waals surface area (Å²) >= 11 is 10.1. The summed E-state index contributed by atoms with van der Waals surface area (Å²) in [6.07, 6.45) is 5.64. The van der Waals surface area contributed by atoms with Gasteiger partial charge in [-0.2, -0.15) is 0 Å². The van der Waals surface area contributed by atoms with E-state index in [1.807, 2.05) is 6.08 Å². The number of aliphatic hydroxyl groups excluding tert-OH is 1. The molecular formula is C11H15Br3O2. The highest BCUT2D eigenvalue weighted by atomic mass is 79.9. The molecule has 16 heavy (non-hydrogen) atoms. The number of ether oxygens (including phenoxy) is 1. The van der Waals surface area contributed by atoms with Crippen LogP contribution >= 0.6 is 47.8 Å². The molecule has 0 spiro atoms. The van der Waals surface area contributed by atoms with Crippen LogP contribution in [0.5, 0.6) is 0 Å². The molecule has 1 heterocycles. The predicted molar refractivity (Wildman–Crippen MR) is 76.9 cm³/mol. The van der Waals surface area contributed by atoms with Gasteiger partial charge in [0.25, 0.3) is 0 Å². The van der Waals surface area contributed by atoms with Crippen molar-refractivity contribution in [1.82, 2.24) is 0 Å². The van der Waals surface area contributed by atoms with Crippen LogP contribution in [0.25, 0.3) is 0 Å². The maximum Gasteiger partial charge on any atom is 0.221 e. The van der Waals surface area contributed by atoms with Crippen LogP contribution in [0.15, 0.2) is 20.8 Å². The molecule has 0 saturated carbocycles. The maximum absolute atomic E-state index is 9.74. The van der Waals surface area contributed by atoms with Gasteiger partial charge in [-0.25, -0.2) is 0 Å². The van der Waals surface area contributed by atoms with Crippen molar-refractivity contribution in [2.24, 2.45) is 0 Å². The van der Waals surface area contributed by atoms with E-state index >= 15 is 0 Å². The Kier molecular flexibility index (Phi) is 6.62. The van der Waals surface area contributed by atoms with E-state index in [0.29, 0.717) is 5.76 Å². The van der Waals surface area contributed by atoms with Crippen LogP contribution in [-0.4, -0.2) is 16.2 Å². The van der Waals surface area contributed by atoms with Crippen LogP contribution in [0.1, 0.15) is 32.6 Å². The predicted octanol–water partition coefficient (Wildman–Crippen LogP) is 4.56. The summed E-state index contributed by atoms with van der Waals surface area (Å²) < 4.78 is 6.01. The molecule has 1 N–H and O–H groups in total. The largest absolute Gasteiger partial charge is 0.459 e. The van der Waals surface area contributed by atoms with Crippen molar-refractivity contribution in [3.63, 3.8) is 0 Å². The summed E-state index contributed by atoms with van der Waals surface area (Å²) in [5.74, 6) is 0.641. The molecule has 0 amide bonds. The first-order valence-electron chi connectivity index (χ1n) is 5.31. The Morgan fingerprint density at radius 1 is 1.50 bits per heavy atom. The molecule has 0 bridgehead atoms. The summed E-state index contributed by atoms with van der Waals surface area (Å²) in [5.41, 5.74) is 0.891. The first-order chi connectivity index (χ1) is 7.56. The Morgan fingerprint density at radius 2 is 2.19 bits per heavy atom. The second kappa shape index (κ2) is 7.19. The molecule has 1 rings (SSSR count). The topological polar surface area (TPSA) is 29.5 Å². The van der Waals surface area contributed by atoms with E-state index in [-0.39, 0.29) is 4.83 Å².